The van der Waals surface area contributed by atoms with E-state index in [9.17, 15) is 4.79 Å². The molecule has 19 heavy (non-hydrogen) atoms. The van der Waals surface area contributed by atoms with Gasteiger partial charge >= 0.3 is 0 Å². The molecule has 1 heterocycles. The van der Waals surface area contributed by atoms with E-state index in [2.05, 4.69) is 0 Å². The van der Waals surface area contributed by atoms with E-state index in [0.717, 1.165) is 30.7 Å². The van der Waals surface area contributed by atoms with Gasteiger partial charge in [-0.05, 0) is 24.8 Å². The molecule has 1 saturated carbocycles. The molecule has 3 rings (SSSR count). The Balaban J connectivity index is 1.64. The Morgan fingerprint density at radius 1 is 1.42 bits per heavy atom. The third-order valence-corrected chi connectivity index (χ3v) is 4.18. The number of hydrogen-bond donors (Lipinski definition) is 1. The first kappa shape index (κ1) is 12.5. The fourth-order valence-corrected chi connectivity index (χ4v) is 3.05. The van der Waals surface area contributed by atoms with E-state index in [1.807, 2.05) is 36.2 Å². The number of para-hydroxylation sites is 1. The lowest BCUT2D eigenvalue weighted by molar-refractivity contribution is -0.132. The minimum Gasteiger partial charge on any atom is -0.492 e. The first-order valence-corrected chi connectivity index (χ1v) is 6.87. The summed E-state index contributed by atoms with van der Waals surface area (Å²) in [5.74, 6) is 1.43. The molecule has 1 fully saturated rings. The second kappa shape index (κ2) is 4.85. The zero-order valence-corrected chi connectivity index (χ0v) is 11.2. The van der Waals surface area contributed by atoms with Crippen molar-refractivity contribution in [2.75, 3.05) is 20.2 Å². The number of likely N-dealkylation sites (N-methyl/N-ethyl adjacent to an activating group) is 1. The maximum atomic E-state index is 12.5. The first-order valence-electron chi connectivity index (χ1n) is 6.87. The molecule has 0 bridgehead atoms. The fourth-order valence-electron chi connectivity index (χ4n) is 3.05. The van der Waals surface area contributed by atoms with Gasteiger partial charge in [-0.2, -0.15) is 0 Å². The number of nitrogens with two attached hydrogens (primary N) is 1. The Labute approximate surface area is 113 Å². The van der Waals surface area contributed by atoms with E-state index >= 15 is 0 Å². The molecular formula is C15H20N2O2. The molecule has 1 aromatic rings. The minimum absolute atomic E-state index is 0.144. The largest absolute Gasteiger partial charge is 0.492 e. The number of carbonyl (C=O) groups excluding carboxylic acids is 1. The monoisotopic (exact) mass is 260 g/mol. The highest BCUT2D eigenvalue weighted by atomic mass is 16.5. The average Bonchev–Trinajstić information content (AvgIpc) is 2.79. The number of ether oxygens (including phenoxy) is 1. The molecule has 0 aromatic heterocycles. The molecule has 1 atom stereocenters. The molecule has 4 nitrogen and oxygen atoms in total. The Kier molecular flexibility index (Phi) is 3.19. The summed E-state index contributed by atoms with van der Waals surface area (Å²) in [6.07, 6.45) is 2.07. The zero-order valence-electron chi connectivity index (χ0n) is 11.2. The van der Waals surface area contributed by atoms with Gasteiger partial charge in [0.2, 0.25) is 5.91 Å². The highest BCUT2D eigenvalue weighted by Crippen LogP contribution is 2.35. The highest BCUT2D eigenvalue weighted by molar-refractivity contribution is 5.85. The zero-order chi connectivity index (χ0) is 13.4. The maximum absolute atomic E-state index is 12.5. The fraction of sp³-hybridized carbons (Fsp3) is 0.533. The van der Waals surface area contributed by atoms with Gasteiger partial charge < -0.3 is 15.4 Å². The van der Waals surface area contributed by atoms with Gasteiger partial charge in [-0.25, -0.2) is 0 Å². The van der Waals surface area contributed by atoms with Crippen LogP contribution in [0.15, 0.2) is 24.3 Å². The standard InChI is InChI=1S/C15H20N2O2/c1-17(8-10-6-11(16)7-10)15(18)13-9-19-14-5-3-2-4-12(13)14/h2-5,10-11,13H,6-9,16H2,1H3. The van der Waals surface area contributed by atoms with Crippen LogP contribution in [0.25, 0.3) is 0 Å². The summed E-state index contributed by atoms with van der Waals surface area (Å²) in [6, 6.07) is 8.14. The van der Waals surface area contributed by atoms with Gasteiger partial charge in [0.1, 0.15) is 18.3 Å². The summed E-state index contributed by atoms with van der Waals surface area (Å²) in [4.78, 5) is 14.3. The third-order valence-electron chi connectivity index (χ3n) is 4.18. The number of nitrogens with zero attached hydrogens (tertiary/aromatic N) is 1. The van der Waals surface area contributed by atoms with Crippen LogP contribution in [0.1, 0.15) is 24.3 Å². The van der Waals surface area contributed by atoms with Crippen molar-refractivity contribution in [1.29, 1.82) is 0 Å². The maximum Gasteiger partial charge on any atom is 0.233 e. The average molecular weight is 260 g/mol. The molecule has 1 aliphatic carbocycles. The molecule has 102 valence electrons. The second-order valence-electron chi connectivity index (χ2n) is 5.72. The Morgan fingerprint density at radius 2 is 2.16 bits per heavy atom. The van der Waals surface area contributed by atoms with E-state index in [1.54, 1.807) is 0 Å². The Hall–Kier alpha value is -1.55. The van der Waals surface area contributed by atoms with Gasteiger partial charge in [0.05, 0.1) is 0 Å². The van der Waals surface area contributed by atoms with Crippen LogP contribution in [0.4, 0.5) is 0 Å². The van der Waals surface area contributed by atoms with Gasteiger partial charge in [-0.3, -0.25) is 4.79 Å². The van der Waals surface area contributed by atoms with Gasteiger partial charge in [0.25, 0.3) is 0 Å². The van der Waals surface area contributed by atoms with Crippen LogP contribution in [0, 0.1) is 5.92 Å². The molecule has 1 unspecified atom stereocenters. The highest BCUT2D eigenvalue weighted by Gasteiger charge is 2.34. The molecule has 2 N–H and O–H groups in total. The van der Waals surface area contributed by atoms with Crippen molar-refractivity contribution in [2.24, 2.45) is 11.7 Å². The molecular weight excluding hydrogens is 240 g/mol. The van der Waals surface area contributed by atoms with Crippen LogP contribution in [0.5, 0.6) is 5.75 Å². The van der Waals surface area contributed by atoms with Crippen LogP contribution in [0.3, 0.4) is 0 Å². The Bertz CT molecular complexity index is 483. The molecule has 1 aromatic carbocycles. The van der Waals surface area contributed by atoms with Crippen molar-refractivity contribution in [2.45, 2.75) is 24.8 Å². The number of amides is 1. The topological polar surface area (TPSA) is 55.6 Å². The number of fused-ring (bicyclic) bond motifs is 1. The second-order valence-corrected chi connectivity index (χ2v) is 5.72. The SMILES string of the molecule is CN(CC1CC(N)C1)C(=O)C1COc2ccccc21. The van der Waals surface area contributed by atoms with Gasteiger partial charge in [0.15, 0.2) is 0 Å². The van der Waals surface area contributed by atoms with Gasteiger partial charge in [-0.15, -0.1) is 0 Å². The number of rotatable bonds is 3. The van der Waals surface area contributed by atoms with E-state index in [4.69, 9.17) is 10.5 Å². The predicted molar refractivity (Wildman–Crippen MR) is 73.0 cm³/mol. The van der Waals surface area contributed by atoms with Crippen LogP contribution in [-0.2, 0) is 4.79 Å². The number of benzene rings is 1. The first-order chi connectivity index (χ1) is 9.15. The minimum atomic E-state index is -0.144. The molecule has 1 amide bonds. The summed E-state index contributed by atoms with van der Waals surface area (Å²) < 4.78 is 5.58. The lowest BCUT2D eigenvalue weighted by Crippen LogP contribution is -2.44. The van der Waals surface area contributed by atoms with Crippen molar-refractivity contribution in [3.63, 3.8) is 0 Å². The summed E-state index contributed by atoms with van der Waals surface area (Å²) in [6.45, 7) is 1.28. The molecule has 2 aliphatic rings. The number of carbonyl (C=O) groups is 1. The summed E-state index contributed by atoms with van der Waals surface area (Å²) >= 11 is 0. The van der Waals surface area contributed by atoms with Gasteiger partial charge in [-0.1, -0.05) is 18.2 Å². The third kappa shape index (κ3) is 2.32. The summed E-state index contributed by atoms with van der Waals surface area (Å²) in [5.41, 5.74) is 6.80. The lowest BCUT2D eigenvalue weighted by atomic mass is 9.80. The van der Waals surface area contributed by atoms with E-state index in [1.165, 1.54) is 0 Å². The van der Waals surface area contributed by atoms with Crippen molar-refractivity contribution in [3.8, 4) is 5.75 Å². The van der Waals surface area contributed by atoms with Crippen molar-refractivity contribution < 1.29 is 9.53 Å². The lowest BCUT2D eigenvalue weighted by Gasteiger charge is -2.35. The Morgan fingerprint density at radius 3 is 2.89 bits per heavy atom. The van der Waals surface area contributed by atoms with Crippen molar-refractivity contribution >= 4 is 5.91 Å². The molecule has 1 aliphatic heterocycles. The van der Waals surface area contributed by atoms with Crippen molar-refractivity contribution in [3.05, 3.63) is 29.8 Å². The van der Waals surface area contributed by atoms with Crippen molar-refractivity contribution in [1.82, 2.24) is 4.90 Å². The van der Waals surface area contributed by atoms with Crippen LogP contribution >= 0.6 is 0 Å². The smallest absolute Gasteiger partial charge is 0.233 e. The molecule has 0 radical (unpaired) electrons. The number of hydrogen-bond acceptors (Lipinski definition) is 3. The van der Waals surface area contributed by atoms with Crippen LogP contribution < -0.4 is 10.5 Å². The van der Waals surface area contributed by atoms with Gasteiger partial charge in [0, 0.05) is 25.2 Å². The van der Waals surface area contributed by atoms with E-state index in [-0.39, 0.29) is 11.8 Å². The van der Waals surface area contributed by atoms with Crippen LogP contribution in [0.2, 0.25) is 0 Å². The normalized spacial score (nSPS) is 28.2. The van der Waals surface area contributed by atoms with E-state index < -0.39 is 0 Å². The predicted octanol–water partition coefficient (Wildman–Crippen LogP) is 1.36. The summed E-state index contributed by atoms with van der Waals surface area (Å²) in [7, 11) is 1.88. The van der Waals surface area contributed by atoms with E-state index in [0.29, 0.717) is 18.6 Å². The molecule has 0 spiro atoms. The quantitative estimate of drug-likeness (QED) is 0.892. The van der Waals surface area contributed by atoms with Crippen LogP contribution in [-0.4, -0.2) is 37.0 Å². The molecule has 4 heteroatoms. The summed E-state index contributed by atoms with van der Waals surface area (Å²) in [5, 5.41) is 0. The molecule has 0 saturated heterocycles.